The predicted octanol–water partition coefficient (Wildman–Crippen LogP) is 1.12. The number of hydrogen-bond donors (Lipinski definition) is 1. The first-order valence-corrected chi connectivity index (χ1v) is 6.73. The lowest BCUT2D eigenvalue weighted by Gasteiger charge is -2.35. The quantitative estimate of drug-likeness (QED) is 0.768. The Morgan fingerprint density at radius 3 is 2.44 bits per heavy atom. The van der Waals surface area contributed by atoms with E-state index in [1.54, 1.807) is 4.90 Å². The molecule has 2 aliphatic heterocycles. The highest BCUT2D eigenvalue weighted by atomic mass is 16.5. The molecular formula is C13H21NO4. The molecule has 2 atom stereocenters. The predicted molar refractivity (Wildman–Crippen MR) is 65.1 cm³/mol. The Balaban J connectivity index is 1.82. The fourth-order valence-corrected chi connectivity index (χ4v) is 2.85. The Morgan fingerprint density at radius 2 is 1.94 bits per heavy atom. The molecule has 1 amide bonds. The number of carboxylic acids is 1. The average molecular weight is 255 g/mol. The summed E-state index contributed by atoms with van der Waals surface area (Å²) in [4.78, 5) is 24.4. The zero-order valence-corrected chi connectivity index (χ0v) is 10.8. The first kappa shape index (κ1) is 13.3. The molecule has 0 aliphatic carbocycles. The molecule has 2 saturated heterocycles. The molecule has 0 saturated carbocycles. The maximum Gasteiger partial charge on any atom is 0.315 e. The van der Waals surface area contributed by atoms with Gasteiger partial charge in [-0.05, 0) is 38.5 Å². The number of carbonyl (C=O) groups excluding carboxylic acids is 1. The van der Waals surface area contributed by atoms with Gasteiger partial charge in [-0.1, -0.05) is 0 Å². The number of carboxylic acid groups (broad SMARTS) is 1. The summed E-state index contributed by atoms with van der Waals surface area (Å²) in [6, 6.07) is 0. The molecule has 102 valence electrons. The molecule has 0 radical (unpaired) electrons. The summed E-state index contributed by atoms with van der Waals surface area (Å²) in [5, 5.41) is 8.84. The van der Waals surface area contributed by atoms with Gasteiger partial charge in [0, 0.05) is 19.7 Å². The van der Waals surface area contributed by atoms with Crippen LogP contribution in [0.5, 0.6) is 0 Å². The Morgan fingerprint density at radius 1 is 1.28 bits per heavy atom. The fraction of sp³-hybridized carbons (Fsp3) is 0.846. The van der Waals surface area contributed by atoms with Crippen LogP contribution in [-0.2, 0) is 14.3 Å². The van der Waals surface area contributed by atoms with Gasteiger partial charge in [0.25, 0.3) is 0 Å². The number of hydrogen-bond acceptors (Lipinski definition) is 3. The molecular weight excluding hydrogens is 234 g/mol. The Kier molecular flexibility index (Phi) is 4.22. The first-order chi connectivity index (χ1) is 8.59. The minimum absolute atomic E-state index is 0.256. The van der Waals surface area contributed by atoms with Crippen molar-refractivity contribution in [3.8, 4) is 0 Å². The van der Waals surface area contributed by atoms with E-state index < -0.39 is 11.9 Å². The normalized spacial score (nSPS) is 27.2. The second-order valence-electron chi connectivity index (χ2n) is 5.27. The minimum Gasteiger partial charge on any atom is -0.481 e. The Bertz CT molecular complexity index is 317. The highest BCUT2D eigenvalue weighted by Crippen LogP contribution is 2.29. The summed E-state index contributed by atoms with van der Waals surface area (Å²) in [7, 11) is 0. The molecule has 0 aromatic rings. The van der Waals surface area contributed by atoms with Crippen molar-refractivity contribution in [3.63, 3.8) is 0 Å². The number of ether oxygens (including phenoxy) is 1. The molecule has 5 heteroatoms. The third-order valence-corrected chi connectivity index (χ3v) is 4.08. The second-order valence-corrected chi connectivity index (χ2v) is 5.27. The van der Waals surface area contributed by atoms with E-state index in [-0.39, 0.29) is 5.91 Å². The van der Waals surface area contributed by atoms with Crippen molar-refractivity contribution < 1.29 is 19.4 Å². The third-order valence-electron chi connectivity index (χ3n) is 4.08. The fourth-order valence-electron chi connectivity index (χ4n) is 2.85. The Labute approximate surface area is 107 Å². The summed E-state index contributed by atoms with van der Waals surface area (Å²) in [6.45, 7) is 3.65. The SMILES string of the molecule is CC(C(=O)O)C(=O)N1CCC(C2CCCO2)CC1. The average Bonchev–Trinajstić information content (AvgIpc) is 2.91. The van der Waals surface area contributed by atoms with Gasteiger partial charge in [0.05, 0.1) is 6.10 Å². The highest BCUT2D eigenvalue weighted by Gasteiger charge is 2.33. The summed E-state index contributed by atoms with van der Waals surface area (Å²) in [5.41, 5.74) is 0. The molecule has 2 aliphatic rings. The van der Waals surface area contributed by atoms with Crippen LogP contribution in [0.3, 0.4) is 0 Å². The monoisotopic (exact) mass is 255 g/mol. The minimum atomic E-state index is -1.04. The van der Waals surface area contributed by atoms with E-state index in [2.05, 4.69) is 0 Å². The largest absolute Gasteiger partial charge is 0.481 e. The van der Waals surface area contributed by atoms with Crippen LogP contribution in [0.4, 0.5) is 0 Å². The van der Waals surface area contributed by atoms with Crippen LogP contribution in [0, 0.1) is 11.8 Å². The molecule has 5 nitrogen and oxygen atoms in total. The van der Waals surface area contributed by atoms with Crippen LogP contribution in [0.1, 0.15) is 32.6 Å². The molecule has 0 bridgehead atoms. The molecule has 18 heavy (non-hydrogen) atoms. The van der Waals surface area contributed by atoms with Crippen LogP contribution in [-0.4, -0.2) is 47.7 Å². The van der Waals surface area contributed by atoms with Crippen LogP contribution in [0.25, 0.3) is 0 Å². The van der Waals surface area contributed by atoms with E-state index in [4.69, 9.17) is 9.84 Å². The van der Waals surface area contributed by atoms with Crippen molar-refractivity contribution in [2.45, 2.75) is 38.7 Å². The highest BCUT2D eigenvalue weighted by molar-refractivity contribution is 5.96. The number of likely N-dealkylation sites (tertiary alicyclic amines) is 1. The maximum absolute atomic E-state index is 11.9. The Hall–Kier alpha value is -1.10. The molecule has 0 aromatic carbocycles. The van der Waals surface area contributed by atoms with Crippen molar-refractivity contribution in [1.29, 1.82) is 0 Å². The second kappa shape index (κ2) is 5.69. The van der Waals surface area contributed by atoms with Gasteiger partial charge in [-0.25, -0.2) is 0 Å². The van der Waals surface area contributed by atoms with Gasteiger partial charge in [-0.2, -0.15) is 0 Å². The van der Waals surface area contributed by atoms with Gasteiger partial charge < -0.3 is 14.7 Å². The first-order valence-electron chi connectivity index (χ1n) is 6.73. The van der Waals surface area contributed by atoms with Crippen molar-refractivity contribution in [3.05, 3.63) is 0 Å². The number of amides is 1. The molecule has 2 heterocycles. The van der Waals surface area contributed by atoms with Crippen LogP contribution >= 0.6 is 0 Å². The zero-order valence-electron chi connectivity index (χ0n) is 10.8. The molecule has 0 aromatic heterocycles. The molecule has 2 fully saturated rings. The van der Waals surface area contributed by atoms with Gasteiger partial charge in [-0.3, -0.25) is 9.59 Å². The van der Waals surface area contributed by atoms with Crippen molar-refractivity contribution >= 4 is 11.9 Å². The van der Waals surface area contributed by atoms with E-state index in [0.29, 0.717) is 25.1 Å². The van der Waals surface area contributed by atoms with E-state index >= 15 is 0 Å². The topological polar surface area (TPSA) is 66.8 Å². The van der Waals surface area contributed by atoms with Crippen LogP contribution in [0.15, 0.2) is 0 Å². The van der Waals surface area contributed by atoms with Gasteiger partial charge in [-0.15, -0.1) is 0 Å². The van der Waals surface area contributed by atoms with Gasteiger partial charge in [0.2, 0.25) is 5.91 Å². The smallest absolute Gasteiger partial charge is 0.315 e. The number of aliphatic carboxylic acids is 1. The van der Waals surface area contributed by atoms with E-state index in [0.717, 1.165) is 32.3 Å². The molecule has 2 unspecified atom stereocenters. The van der Waals surface area contributed by atoms with Crippen LogP contribution < -0.4 is 0 Å². The summed E-state index contributed by atoms with van der Waals surface area (Å²) < 4.78 is 5.68. The number of rotatable bonds is 3. The molecule has 0 spiro atoms. The lowest BCUT2D eigenvalue weighted by molar-refractivity contribution is -0.151. The molecule has 1 N–H and O–H groups in total. The van der Waals surface area contributed by atoms with E-state index in [1.807, 2.05) is 0 Å². The molecule has 2 rings (SSSR count). The number of piperidine rings is 1. The van der Waals surface area contributed by atoms with Gasteiger partial charge in [0.15, 0.2) is 0 Å². The standard InChI is InChI=1S/C13H21NO4/c1-9(13(16)17)12(15)14-6-4-10(5-7-14)11-3-2-8-18-11/h9-11H,2-8H2,1H3,(H,16,17). The van der Waals surface area contributed by atoms with E-state index in [1.165, 1.54) is 6.92 Å². The van der Waals surface area contributed by atoms with Crippen molar-refractivity contribution in [2.24, 2.45) is 11.8 Å². The maximum atomic E-state index is 11.9. The number of nitrogens with zero attached hydrogens (tertiary/aromatic N) is 1. The number of carbonyl (C=O) groups is 2. The van der Waals surface area contributed by atoms with Gasteiger partial charge in [0.1, 0.15) is 5.92 Å². The van der Waals surface area contributed by atoms with Crippen molar-refractivity contribution in [2.75, 3.05) is 19.7 Å². The lowest BCUT2D eigenvalue weighted by Crippen LogP contribution is -2.44. The zero-order chi connectivity index (χ0) is 13.1. The summed E-state index contributed by atoms with van der Waals surface area (Å²) >= 11 is 0. The third kappa shape index (κ3) is 2.83. The summed E-state index contributed by atoms with van der Waals surface area (Å²) in [5.74, 6) is -1.68. The lowest BCUT2D eigenvalue weighted by atomic mass is 9.89. The van der Waals surface area contributed by atoms with Crippen molar-refractivity contribution in [1.82, 2.24) is 4.90 Å². The summed E-state index contributed by atoms with van der Waals surface area (Å²) in [6.07, 6.45) is 4.49. The van der Waals surface area contributed by atoms with E-state index in [9.17, 15) is 9.59 Å². The van der Waals surface area contributed by atoms with Gasteiger partial charge >= 0.3 is 5.97 Å². The van der Waals surface area contributed by atoms with Crippen LogP contribution in [0.2, 0.25) is 0 Å².